The molecule has 0 saturated carbocycles. The lowest BCUT2D eigenvalue weighted by molar-refractivity contribution is -0.121. The number of thiazole rings is 1. The van der Waals surface area contributed by atoms with Gasteiger partial charge in [-0.05, 0) is 23.3 Å². The van der Waals surface area contributed by atoms with Crippen LogP contribution < -0.4 is 5.32 Å². The number of aromatic nitrogens is 2. The zero-order chi connectivity index (χ0) is 19.9. The molecule has 0 saturated heterocycles. The average Bonchev–Trinajstić information content (AvgIpc) is 3.25. The Morgan fingerprint density at radius 3 is 2.24 bits per heavy atom. The summed E-state index contributed by atoms with van der Waals surface area (Å²) in [6.45, 7) is 0.551. The second-order valence-corrected chi connectivity index (χ2v) is 7.61. The van der Waals surface area contributed by atoms with Crippen LogP contribution in [0.4, 0.5) is 0 Å². The highest BCUT2D eigenvalue weighted by Gasteiger charge is 2.22. The monoisotopic (exact) mass is 399 g/mol. The van der Waals surface area contributed by atoms with Gasteiger partial charge < -0.3 is 5.32 Å². The van der Waals surface area contributed by atoms with Crippen molar-refractivity contribution < 1.29 is 4.79 Å². The fraction of sp³-hybridized carbons (Fsp3) is 0.125. The first-order valence-corrected chi connectivity index (χ1v) is 10.4. The number of hydrogen-bond acceptors (Lipinski definition) is 4. The molecule has 0 aliphatic rings. The molecule has 0 aliphatic heterocycles. The lowest BCUT2D eigenvalue weighted by atomic mass is 9.90. The van der Waals surface area contributed by atoms with E-state index < -0.39 is 0 Å². The van der Waals surface area contributed by atoms with Crippen LogP contribution >= 0.6 is 11.3 Å². The number of nitrogens with zero attached hydrogens (tertiary/aromatic N) is 2. The summed E-state index contributed by atoms with van der Waals surface area (Å²) in [6.07, 6.45) is 4.26. The highest BCUT2D eigenvalue weighted by molar-refractivity contribution is 7.09. The van der Waals surface area contributed by atoms with Gasteiger partial charge in [0.05, 0.1) is 16.6 Å². The summed E-state index contributed by atoms with van der Waals surface area (Å²) >= 11 is 1.61. The van der Waals surface area contributed by atoms with E-state index in [4.69, 9.17) is 0 Å². The molecule has 1 amide bonds. The molecule has 0 aliphatic carbocycles. The molecule has 0 atom stereocenters. The van der Waals surface area contributed by atoms with Crippen LogP contribution in [0, 0.1) is 0 Å². The molecule has 5 heteroatoms. The Balaban J connectivity index is 1.42. The number of hydrogen-bond donors (Lipinski definition) is 1. The van der Waals surface area contributed by atoms with Crippen LogP contribution in [0.15, 0.2) is 90.6 Å². The topological polar surface area (TPSA) is 54.9 Å². The number of nitrogens with one attached hydrogen (secondary N) is 1. The molecule has 1 N–H and O–H groups in total. The molecule has 0 bridgehead atoms. The number of amides is 1. The third-order valence-corrected chi connectivity index (χ3v) is 5.58. The first kappa shape index (κ1) is 19.0. The first-order chi connectivity index (χ1) is 14.3. The molecular formula is C24H21N3OS. The minimum absolute atomic E-state index is 0.00596. The van der Waals surface area contributed by atoms with Crippen LogP contribution in [-0.4, -0.2) is 22.4 Å². The maximum Gasteiger partial charge on any atom is 0.232 e. The molecule has 4 nitrogen and oxygen atoms in total. The van der Waals surface area contributed by atoms with Gasteiger partial charge in [0.1, 0.15) is 0 Å². The Morgan fingerprint density at radius 1 is 0.931 bits per heavy atom. The van der Waals surface area contributed by atoms with Gasteiger partial charge in [0.15, 0.2) is 0 Å². The van der Waals surface area contributed by atoms with Crippen molar-refractivity contribution in [3.63, 3.8) is 0 Å². The van der Waals surface area contributed by atoms with E-state index in [1.165, 1.54) is 0 Å². The molecule has 2 heterocycles. The zero-order valence-electron chi connectivity index (χ0n) is 15.9. The van der Waals surface area contributed by atoms with Crippen LogP contribution in [0.3, 0.4) is 0 Å². The second-order valence-electron chi connectivity index (χ2n) is 6.66. The number of carbonyl (C=O) groups is 1. The van der Waals surface area contributed by atoms with Crippen molar-refractivity contribution in [1.82, 2.24) is 15.3 Å². The Morgan fingerprint density at radius 2 is 1.62 bits per heavy atom. The van der Waals surface area contributed by atoms with E-state index in [1.807, 2.05) is 84.4 Å². The minimum Gasteiger partial charge on any atom is -0.355 e. The van der Waals surface area contributed by atoms with Gasteiger partial charge in [-0.1, -0.05) is 60.7 Å². The van der Waals surface area contributed by atoms with Crippen molar-refractivity contribution >= 4 is 17.2 Å². The molecule has 29 heavy (non-hydrogen) atoms. The summed E-state index contributed by atoms with van der Waals surface area (Å²) in [5.41, 5.74) is 3.91. The Kier molecular flexibility index (Phi) is 6.07. The van der Waals surface area contributed by atoms with Gasteiger partial charge in [-0.2, -0.15) is 0 Å². The lowest BCUT2D eigenvalue weighted by Gasteiger charge is -2.17. The normalized spacial score (nSPS) is 10.8. The van der Waals surface area contributed by atoms with E-state index >= 15 is 0 Å². The number of rotatable bonds is 7. The summed E-state index contributed by atoms with van der Waals surface area (Å²) in [4.78, 5) is 21.8. The van der Waals surface area contributed by atoms with Crippen molar-refractivity contribution in [2.45, 2.75) is 12.3 Å². The number of carbonyl (C=O) groups excluding carboxylic acids is 1. The summed E-state index contributed by atoms with van der Waals surface area (Å²) < 4.78 is 0. The highest BCUT2D eigenvalue weighted by Crippen LogP contribution is 2.25. The average molecular weight is 400 g/mol. The van der Waals surface area contributed by atoms with Crippen molar-refractivity contribution in [3.8, 4) is 11.3 Å². The van der Waals surface area contributed by atoms with Crippen molar-refractivity contribution in [3.05, 3.63) is 107 Å². The van der Waals surface area contributed by atoms with Gasteiger partial charge in [0.2, 0.25) is 5.91 Å². The number of benzene rings is 2. The highest BCUT2D eigenvalue weighted by atomic mass is 32.1. The molecule has 0 spiro atoms. The van der Waals surface area contributed by atoms with Gasteiger partial charge in [0.25, 0.3) is 0 Å². The van der Waals surface area contributed by atoms with Crippen LogP contribution in [0.1, 0.15) is 22.1 Å². The Hall–Kier alpha value is -3.31. The van der Waals surface area contributed by atoms with E-state index in [-0.39, 0.29) is 11.8 Å². The Bertz CT molecular complexity index is 1010. The summed E-state index contributed by atoms with van der Waals surface area (Å²) in [5, 5.41) is 6.13. The zero-order valence-corrected chi connectivity index (χ0v) is 16.7. The quantitative estimate of drug-likeness (QED) is 0.490. The molecule has 144 valence electrons. The standard InChI is InChI=1S/C24H21N3OS/c28-24(23(18-8-3-1-4-9-18)19-10-5-2-6-11-19)26-15-13-22-27-21(17-29-22)20-12-7-14-25-16-20/h1-12,14,16-17,23H,13,15H2,(H,26,28). The van der Waals surface area contributed by atoms with E-state index in [0.717, 1.165) is 27.4 Å². The maximum atomic E-state index is 13.0. The lowest BCUT2D eigenvalue weighted by Crippen LogP contribution is -2.31. The van der Waals surface area contributed by atoms with Crippen LogP contribution in [0.25, 0.3) is 11.3 Å². The van der Waals surface area contributed by atoms with E-state index in [9.17, 15) is 4.79 Å². The molecular weight excluding hydrogens is 378 g/mol. The minimum atomic E-state index is -0.320. The van der Waals surface area contributed by atoms with Gasteiger partial charge in [-0.25, -0.2) is 4.98 Å². The van der Waals surface area contributed by atoms with Crippen molar-refractivity contribution in [2.75, 3.05) is 6.54 Å². The fourth-order valence-corrected chi connectivity index (χ4v) is 4.06. The molecule has 0 fully saturated rings. The number of pyridine rings is 1. The largest absolute Gasteiger partial charge is 0.355 e. The molecule has 0 radical (unpaired) electrons. The van der Waals surface area contributed by atoms with E-state index in [1.54, 1.807) is 17.5 Å². The molecule has 4 aromatic rings. The SMILES string of the molecule is O=C(NCCc1nc(-c2cccnc2)cs1)C(c1ccccc1)c1ccccc1. The molecule has 0 unspecified atom stereocenters. The summed E-state index contributed by atoms with van der Waals surface area (Å²) in [6, 6.07) is 23.7. The molecule has 4 rings (SSSR count). The first-order valence-electron chi connectivity index (χ1n) is 9.53. The predicted molar refractivity (Wildman–Crippen MR) is 117 cm³/mol. The smallest absolute Gasteiger partial charge is 0.232 e. The maximum absolute atomic E-state index is 13.0. The van der Waals surface area contributed by atoms with Crippen LogP contribution in [0.2, 0.25) is 0 Å². The van der Waals surface area contributed by atoms with Crippen LogP contribution in [-0.2, 0) is 11.2 Å². The third kappa shape index (κ3) is 4.76. The third-order valence-electron chi connectivity index (χ3n) is 4.68. The van der Waals surface area contributed by atoms with Gasteiger partial charge in [0, 0.05) is 36.3 Å². The van der Waals surface area contributed by atoms with Gasteiger partial charge in [-0.15, -0.1) is 11.3 Å². The summed E-state index contributed by atoms with van der Waals surface area (Å²) in [7, 11) is 0. The summed E-state index contributed by atoms with van der Waals surface area (Å²) in [5.74, 6) is -0.314. The van der Waals surface area contributed by atoms with Gasteiger partial charge >= 0.3 is 0 Å². The fourth-order valence-electron chi connectivity index (χ4n) is 3.25. The molecule has 2 aromatic heterocycles. The Labute approximate surface area is 174 Å². The molecule has 2 aromatic carbocycles. The van der Waals surface area contributed by atoms with Crippen molar-refractivity contribution in [2.24, 2.45) is 0 Å². The van der Waals surface area contributed by atoms with E-state index in [0.29, 0.717) is 13.0 Å². The van der Waals surface area contributed by atoms with E-state index in [2.05, 4.69) is 15.3 Å². The predicted octanol–water partition coefficient (Wildman–Crippen LogP) is 4.70. The van der Waals surface area contributed by atoms with Crippen molar-refractivity contribution in [1.29, 1.82) is 0 Å². The van der Waals surface area contributed by atoms with Crippen LogP contribution in [0.5, 0.6) is 0 Å². The van der Waals surface area contributed by atoms with Gasteiger partial charge in [-0.3, -0.25) is 9.78 Å². The second kappa shape index (κ2) is 9.26.